The van der Waals surface area contributed by atoms with Crippen molar-refractivity contribution in [1.29, 1.82) is 0 Å². The third-order valence-corrected chi connectivity index (χ3v) is 4.46. The standard InChI is InChI=1S/C20H19ClN4O3/c1-12-17(19(26)25-22-11-13-3-7-15(21)8-4-13)18(24-20(27)23-12)14-5-9-16(28-2)10-6-14/h3-11,18H,1-2H3,(H,25,26)(H2,23,24,27)/b22-11+. The van der Waals surface area contributed by atoms with Crippen LogP contribution in [0.4, 0.5) is 4.79 Å². The van der Waals surface area contributed by atoms with Gasteiger partial charge in [0.25, 0.3) is 5.91 Å². The summed E-state index contributed by atoms with van der Waals surface area (Å²) >= 11 is 5.85. The number of methoxy groups -OCH3 is 1. The molecule has 2 aromatic carbocycles. The quantitative estimate of drug-likeness (QED) is 0.533. The number of carbonyl (C=O) groups is 2. The smallest absolute Gasteiger partial charge is 0.319 e. The number of hydrazone groups is 1. The minimum Gasteiger partial charge on any atom is -0.497 e. The Morgan fingerprint density at radius 3 is 2.50 bits per heavy atom. The number of urea groups is 1. The molecule has 1 aliphatic heterocycles. The van der Waals surface area contributed by atoms with Crippen LogP contribution in [0.3, 0.4) is 0 Å². The van der Waals surface area contributed by atoms with E-state index in [4.69, 9.17) is 16.3 Å². The average molecular weight is 399 g/mol. The molecule has 144 valence electrons. The van der Waals surface area contributed by atoms with Gasteiger partial charge in [-0.05, 0) is 42.3 Å². The van der Waals surface area contributed by atoms with E-state index < -0.39 is 11.9 Å². The number of ether oxygens (including phenoxy) is 1. The van der Waals surface area contributed by atoms with E-state index in [1.807, 2.05) is 0 Å². The number of amides is 3. The van der Waals surface area contributed by atoms with Gasteiger partial charge in [0.1, 0.15) is 5.75 Å². The van der Waals surface area contributed by atoms with Gasteiger partial charge in [0, 0.05) is 10.7 Å². The third-order valence-electron chi connectivity index (χ3n) is 4.21. The van der Waals surface area contributed by atoms with E-state index in [0.29, 0.717) is 22.0 Å². The molecule has 28 heavy (non-hydrogen) atoms. The number of nitrogens with one attached hydrogen (secondary N) is 3. The number of rotatable bonds is 5. The summed E-state index contributed by atoms with van der Waals surface area (Å²) in [4.78, 5) is 24.7. The van der Waals surface area contributed by atoms with Crippen LogP contribution in [0.2, 0.25) is 5.02 Å². The van der Waals surface area contributed by atoms with Crippen molar-refractivity contribution in [1.82, 2.24) is 16.1 Å². The molecule has 0 fully saturated rings. The molecule has 7 nitrogen and oxygen atoms in total. The number of hydrogen-bond acceptors (Lipinski definition) is 4. The van der Waals surface area contributed by atoms with Gasteiger partial charge < -0.3 is 15.4 Å². The molecule has 0 spiro atoms. The van der Waals surface area contributed by atoms with Crippen molar-refractivity contribution >= 4 is 29.8 Å². The van der Waals surface area contributed by atoms with Crippen molar-refractivity contribution in [2.24, 2.45) is 5.10 Å². The second-order valence-electron chi connectivity index (χ2n) is 6.09. The van der Waals surface area contributed by atoms with Gasteiger partial charge in [-0.25, -0.2) is 10.2 Å². The fraction of sp³-hybridized carbons (Fsp3) is 0.150. The first-order valence-corrected chi connectivity index (χ1v) is 8.87. The summed E-state index contributed by atoms with van der Waals surface area (Å²) in [6, 6.07) is 13.2. The van der Waals surface area contributed by atoms with Crippen molar-refractivity contribution in [3.05, 3.63) is 76.0 Å². The number of halogens is 1. The molecule has 1 atom stereocenters. The maximum Gasteiger partial charge on any atom is 0.319 e. The Bertz CT molecular complexity index is 937. The molecule has 0 saturated carbocycles. The summed E-state index contributed by atoms with van der Waals surface area (Å²) in [5.74, 6) is 0.263. The zero-order valence-corrected chi connectivity index (χ0v) is 16.1. The van der Waals surface area contributed by atoms with Crippen molar-refractivity contribution in [3.8, 4) is 5.75 Å². The first-order chi connectivity index (χ1) is 13.5. The van der Waals surface area contributed by atoms with Gasteiger partial charge in [-0.2, -0.15) is 5.10 Å². The Morgan fingerprint density at radius 2 is 1.86 bits per heavy atom. The average Bonchev–Trinajstić information content (AvgIpc) is 2.69. The molecule has 0 aromatic heterocycles. The van der Waals surface area contributed by atoms with Crippen molar-refractivity contribution in [2.75, 3.05) is 7.11 Å². The maximum absolute atomic E-state index is 12.7. The predicted octanol–water partition coefficient (Wildman–Crippen LogP) is 3.13. The normalized spacial score (nSPS) is 16.5. The molecule has 8 heteroatoms. The topological polar surface area (TPSA) is 91.8 Å². The largest absolute Gasteiger partial charge is 0.497 e. The van der Waals surface area contributed by atoms with E-state index in [-0.39, 0.29) is 6.03 Å². The highest BCUT2D eigenvalue weighted by molar-refractivity contribution is 6.30. The van der Waals surface area contributed by atoms with Crippen LogP contribution in [-0.4, -0.2) is 25.3 Å². The maximum atomic E-state index is 12.7. The van der Waals surface area contributed by atoms with E-state index in [9.17, 15) is 9.59 Å². The Hall–Kier alpha value is -3.32. The molecule has 1 aliphatic rings. The van der Waals surface area contributed by atoms with Gasteiger partial charge in [-0.3, -0.25) is 4.79 Å². The number of benzene rings is 2. The SMILES string of the molecule is COc1ccc(C2NC(=O)NC(C)=C2C(=O)N/N=C/c2ccc(Cl)cc2)cc1. The highest BCUT2D eigenvalue weighted by Crippen LogP contribution is 2.28. The van der Waals surface area contributed by atoms with Crippen LogP contribution in [0.25, 0.3) is 0 Å². The lowest BCUT2D eigenvalue weighted by atomic mass is 9.95. The van der Waals surface area contributed by atoms with E-state index >= 15 is 0 Å². The lowest BCUT2D eigenvalue weighted by Crippen LogP contribution is -2.46. The molecule has 3 amide bonds. The second kappa shape index (κ2) is 8.58. The Balaban J connectivity index is 1.80. The molecule has 0 radical (unpaired) electrons. The minimum absolute atomic E-state index is 0.373. The fourth-order valence-corrected chi connectivity index (χ4v) is 2.94. The van der Waals surface area contributed by atoms with Crippen LogP contribution < -0.4 is 20.8 Å². The van der Waals surface area contributed by atoms with Gasteiger partial charge >= 0.3 is 6.03 Å². The van der Waals surface area contributed by atoms with Crippen LogP contribution in [-0.2, 0) is 4.79 Å². The monoisotopic (exact) mass is 398 g/mol. The summed E-state index contributed by atoms with van der Waals surface area (Å²) in [7, 11) is 1.57. The van der Waals surface area contributed by atoms with E-state index in [1.54, 1.807) is 62.6 Å². The number of hydrogen-bond donors (Lipinski definition) is 3. The number of allylic oxidation sites excluding steroid dienone is 1. The summed E-state index contributed by atoms with van der Waals surface area (Å²) in [5.41, 5.74) is 4.88. The summed E-state index contributed by atoms with van der Waals surface area (Å²) in [5, 5.41) is 10.0. The molecular formula is C20H19ClN4O3. The lowest BCUT2D eigenvalue weighted by molar-refractivity contribution is -0.117. The summed E-state index contributed by atoms with van der Waals surface area (Å²) in [6.45, 7) is 1.67. The fourth-order valence-electron chi connectivity index (χ4n) is 2.82. The van der Waals surface area contributed by atoms with Gasteiger partial charge in [0.2, 0.25) is 0 Å². The van der Waals surface area contributed by atoms with E-state index in [1.165, 1.54) is 6.21 Å². The van der Waals surface area contributed by atoms with E-state index in [2.05, 4.69) is 21.2 Å². The first-order valence-electron chi connectivity index (χ1n) is 8.49. The zero-order chi connectivity index (χ0) is 20.1. The van der Waals surface area contributed by atoms with Crippen LogP contribution in [0.5, 0.6) is 5.75 Å². The molecule has 3 rings (SSSR count). The lowest BCUT2D eigenvalue weighted by Gasteiger charge is -2.28. The molecule has 1 unspecified atom stereocenters. The van der Waals surface area contributed by atoms with Crippen molar-refractivity contribution in [2.45, 2.75) is 13.0 Å². The first kappa shape index (κ1) is 19.4. The molecule has 3 N–H and O–H groups in total. The van der Waals surface area contributed by atoms with Crippen LogP contribution in [0.15, 0.2) is 64.9 Å². The van der Waals surface area contributed by atoms with Gasteiger partial charge in [0.15, 0.2) is 0 Å². The molecule has 0 saturated heterocycles. The van der Waals surface area contributed by atoms with E-state index in [0.717, 1.165) is 11.1 Å². The van der Waals surface area contributed by atoms with Gasteiger partial charge in [0.05, 0.1) is 24.9 Å². The van der Waals surface area contributed by atoms with Crippen LogP contribution in [0.1, 0.15) is 24.1 Å². The highest BCUT2D eigenvalue weighted by atomic mass is 35.5. The molecule has 2 aromatic rings. The van der Waals surface area contributed by atoms with Gasteiger partial charge in [-0.15, -0.1) is 0 Å². The predicted molar refractivity (Wildman–Crippen MR) is 107 cm³/mol. The Morgan fingerprint density at radius 1 is 1.18 bits per heavy atom. The number of carbonyl (C=O) groups excluding carboxylic acids is 2. The van der Waals surface area contributed by atoms with Crippen LogP contribution >= 0.6 is 11.6 Å². The zero-order valence-electron chi connectivity index (χ0n) is 15.3. The second-order valence-corrected chi connectivity index (χ2v) is 6.53. The molecule has 1 heterocycles. The number of nitrogens with zero attached hydrogens (tertiary/aromatic N) is 1. The molecule has 0 aliphatic carbocycles. The van der Waals surface area contributed by atoms with Gasteiger partial charge in [-0.1, -0.05) is 35.9 Å². The minimum atomic E-state index is -0.606. The van der Waals surface area contributed by atoms with Crippen molar-refractivity contribution in [3.63, 3.8) is 0 Å². The van der Waals surface area contributed by atoms with Crippen LogP contribution in [0, 0.1) is 0 Å². The summed E-state index contributed by atoms with van der Waals surface area (Å²) < 4.78 is 5.16. The Kier molecular flexibility index (Phi) is 5.96. The highest BCUT2D eigenvalue weighted by Gasteiger charge is 2.31. The third kappa shape index (κ3) is 4.50. The van der Waals surface area contributed by atoms with Crippen molar-refractivity contribution < 1.29 is 14.3 Å². The Labute approximate surface area is 167 Å². The molecular weight excluding hydrogens is 380 g/mol. The molecule has 0 bridgehead atoms. The summed E-state index contributed by atoms with van der Waals surface area (Å²) in [6.07, 6.45) is 1.52.